The molecule has 5 heteroatoms. The van der Waals surface area contributed by atoms with E-state index in [1.807, 2.05) is 13.8 Å². The van der Waals surface area contributed by atoms with Crippen LogP contribution in [0.3, 0.4) is 0 Å². The van der Waals surface area contributed by atoms with Crippen molar-refractivity contribution in [2.24, 2.45) is 5.92 Å². The molecule has 3 N–H and O–H groups in total. The van der Waals surface area contributed by atoms with Crippen LogP contribution in [0.1, 0.15) is 13.8 Å². The number of anilines is 2. The van der Waals surface area contributed by atoms with Crippen LogP contribution >= 0.6 is 0 Å². The lowest BCUT2D eigenvalue weighted by Gasteiger charge is -2.20. The zero-order chi connectivity index (χ0) is 12.1. The van der Waals surface area contributed by atoms with Crippen LogP contribution in [0.5, 0.6) is 0 Å². The number of esters is 1. The van der Waals surface area contributed by atoms with Crippen molar-refractivity contribution in [2.75, 3.05) is 18.2 Å². The minimum absolute atomic E-state index is 0.117. The van der Waals surface area contributed by atoms with Crippen molar-refractivity contribution >= 4 is 17.5 Å². The van der Waals surface area contributed by atoms with E-state index >= 15 is 0 Å². The van der Waals surface area contributed by atoms with E-state index in [2.05, 4.69) is 10.3 Å². The van der Waals surface area contributed by atoms with Gasteiger partial charge in [-0.1, -0.05) is 13.8 Å². The fourth-order valence-corrected chi connectivity index (χ4v) is 1.27. The van der Waals surface area contributed by atoms with Gasteiger partial charge in [0.1, 0.15) is 11.9 Å². The molecular formula is C11H17N3O2. The lowest BCUT2D eigenvalue weighted by Crippen LogP contribution is -2.35. The van der Waals surface area contributed by atoms with Gasteiger partial charge in [0.05, 0.1) is 19.0 Å². The van der Waals surface area contributed by atoms with Crippen molar-refractivity contribution in [3.8, 4) is 0 Å². The Balaban J connectivity index is 2.75. The first kappa shape index (κ1) is 12.3. The number of hydrogen-bond acceptors (Lipinski definition) is 5. The van der Waals surface area contributed by atoms with Crippen LogP contribution in [0.4, 0.5) is 11.5 Å². The van der Waals surface area contributed by atoms with Gasteiger partial charge in [0.25, 0.3) is 0 Å². The number of nitrogens with two attached hydrogens (primary N) is 1. The van der Waals surface area contributed by atoms with Crippen molar-refractivity contribution in [1.29, 1.82) is 0 Å². The molecule has 1 aromatic rings. The molecule has 0 amide bonds. The van der Waals surface area contributed by atoms with Crippen molar-refractivity contribution in [3.63, 3.8) is 0 Å². The van der Waals surface area contributed by atoms with Crippen molar-refractivity contribution in [1.82, 2.24) is 4.98 Å². The van der Waals surface area contributed by atoms with Crippen LogP contribution in [0, 0.1) is 5.92 Å². The number of aromatic nitrogens is 1. The molecule has 88 valence electrons. The zero-order valence-electron chi connectivity index (χ0n) is 9.73. The number of carbonyl (C=O) groups is 1. The van der Waals surface area contributed by atoms with E-state index in [1.165, 1.54) is 13.3 Å². The average Bonchev–Trinajstić information content (AvgIpc) is 2.27. The highest BCUT2D eigenvalue weighted by Gasteiger charge is 2.22. The Morgan fingerprint density at radius 3 is 2.62 bits per heavy atom. The number of carbonyl (C=O) groups excluding carboxylic acids is 1. The second-order valence-corrected chi connectivity index (χ2v) is 3.87. The average molecular weight is 223 g/mol. The summed E-state index contributed by atoms with van der Waals surface area (Å²) >= 11 is 0. The maximum Gasteiger partial charge on any atom is 0.328 e. The molecule has 0 aliphatic carbocycles. The number of pyridine rings is 1. The van der Waals surface area contributed by atoms with E-state index in [0.717, 1.165) is 0 Å². The van der Waals surface area contributed by atoms with Gasteiger partial charge in [-0.25, -0.2) is 9.78 Å². The van der Waals surface area contributed by atoms with Crippen LogP contribution in [0.25, 0.3) is 0 Å². The third-order valence-electron chi connectivity index (χ3n) is 2.21. The zero-order valence-corrected chi connectivity index (χ0v) is 9.73. The lowest BCUT2D eigenvalue weighted by atomic mass is 10.0. The first-order valence-corrected chi connectivity index (χ1v) is 5.10. The van der Waals surface area contributed by atoms with E-state index in [0.29, 0.717) is 11.5 Å². The first-order valence-electron chi connectivity index (χ1n) is 5.10. The van der Waals surface area contributed by atoms with Gasteiger partial charge in [0.2, 0.25) is 0 Å². The summed E-state index contributed by atoms with van der Waals surface area (Å²) in [7, 11) is 1.37. The van der Waals surface area contributed by atoms with E-state index in [-0.39, 0.29) is 11.9 Å². The summed E-state index contributed by atoms with van der Waals surface area (Å²) in [5.41, 5.74) is 6.11. The Morgan fingerprint density at radius 1 is 1.50 bits per heavy atom. The number of rotatable bonds is 4. The second kappa shape index (κ2) is 5.34. The molecule has 1 atom stereocenters. The fourth-order valence-electron chi connectivity index (χ4n) is 1.27. The summed E-state index contributed by atoms with van der Waals surface area (Å²) in [6.45, 7) is 3.87. The molecule has 1 unspecified atom stereocenters. The van der Waals surface area contributed by atoms with E-state index in [4.69, 9.17) is 10.5 Å². The maximum absolute atomic E-state index is 11.5. The van der Waals surface area contributed by atoms with Gasteiger partial charge < -0.3 is 15.8 Å². The largest absolute Gasteiger partial charge is 0.467 e. The molecule has 0 spiro atoms. The van der Waals surface area contributed by atoms with Crippen molar-refractivity contribution in [2.45, 2.75) is 19.9 Å². The number of ether oxygens (including phenoxy) is 1. The first-order chi connectivity index (χ1) is 7.54. The van der Waals surface area contributed by atoms with Crippen LogP contribution in [-0.2, 0) is 9.53 Å². The Labute approximate surface area is 95.0 Å². The third kappa shape index (κ3) is 3.12. The quantitative estimate of drug-likeness (QED) is 0.752. The van der Waals surface area contributed by atoms with Crippen LogP contribution in [0.15, 0.2) is 18.3 Å². The van der Waals surface area contributed by atoms with Gasteiger partial charge in [-0.2, -0.15) is 0 Å². The molecule has 0 saturated heterocycles. The molecule has 1 heterocycles. The molecule has 1 rings (SSSR count). The molecular weight excluding hydrogens is 206 g/mol. The summed E-state index contributed by atoms with van der Waals surface area (Å²) in [5, 5.41) is 3.02. The number of hydrogen-bond donors (Lipinski definition) is 2. The number of nitrogen functional groups attached to an aromatic ring is 1. The Kier molecular flexibility index (Phi) is 4.10. The lowest BCUT2D eigenvalue weighted by molar-refractivity contribution is -0.142. The maximum atomic E-state index is 11.5. The van der Waals surface area contributed by atoms with E-state index < -0.39 is 6.04 Å². The van der Waals surface area contributed by atoms with E-state index in [1.54, 1.807) is 12.1 Å². The van der Waals surface area contributed by atoms with Crippen molar-refractivity contribution < 1.29 is 9.53 Å². The van der Waals surface area contributed by atoms with Gasteiger partial charge >= 0.3 is 5.97 Å². The smallest absolute Gasteiger partial charge is 0.328 e. The molecule has 1 aromatic heterocycles. The predicted octanol–water partition coefficient (Wildman–Crippen LogP) is 1.27. The summed E-state index contributed by atoms with van der Waals surface area (Å²) in [6, 6.07) is 3.05. The van der Waals surface area contributed by atoms with Gasteiger partial charge in [-0.3, -0.25) is 0 Å². The van der Waals surface area contributed by atoms with Crippen LogP contribution < -0.4 is 11.1 Å². The highest BCUT2D eigenvalue weighted by atomic mass is 16.5. The molecule has 0 aliphatic rings. The molecule has 0 radical (unpaired) electrons. The summed E-state index contributed by atoms with van der Waals surface area (Å²) in [5.74, 6) is 0.429. The molecule has 0 aromatic carbocycles. The Bertz CT molecular complexity index is 349. The molecule has 0 aliphatic heterocycles. The van der Waals surface area contributed by atoms with Gasteiger partial charge in [0, 0.05) is 0 Å². The van der Waals surface area contributed by atoms with Crippen LogP contribution in [-0.4, -0.2) is 24.1 Å². The predicted molar refractivity (Wildman–Crippen MR) is 62.9 cm³/mol. The summed E-state index contributed by atoms with van der Waals surface area (Å²) in [4.78, 5) is 15.6. The minimum atomic E-state index is -0.402. The highest BCUT2D eigenvalue weighted by Crippen LogP contribution is 2.12. The van der Waals surface area contributed by atoms with Crippen molar-refractivity contribution in [3.05, 3.63) is 18.3 Å². The number of nitrogens with one attached hydrogen (secondary N) is 1. The molecule has 0 fully saturated rings. The summed E-state index contributed by atoms with van der Waals surface area (Å²) < 4.78 is 4.72. The Morgan fingerprint density at radius 2 is 2.19 bits per heavy atom. The fraction of sp³-hybridized carbons (Fsp3) is 0.455. The van der Waals surface area contributed by atoms with Crippen LogP contribution in [0.2, 0.25) is 0 Å². The minimum Gasteiger partial charge on any atom is -0.467 e. The molecule has 0 saturated carbocycles. The van der Waals surface area contributed by atoms with Gasteiger partial charge in [0.15, 0.2) is 0 Å². The summed E-state index contributed by atoms with van der Waals surface area (Å²) in [6.07, 6.45) is 1.54. The SMILES string of the molecule is COC(=O)C(Nc1ccc(N)cn1)C(C)C. The topological polar surface area (TPSA) is 77.2 Å². The highest BCUT2D eigenvalue weighted by molar-refractivity contribution is 5.79. The Hall–Kier alpha value is -1.78. The number of methoxy groups -OCH3 is 1. The third-order valence-corrected chi connectivity index (χ3v) is 2.21. The van der Waals surface area contributed by atoms with E-state index in [9.17, 15) is 4.79 Å². The normalized spacial score (nSPS) is 12.2. The number of nitrogens with zero attached hydrogens (tertiary/aromatic N) is 1. The molecule has 16 heavy (non-hydrogen) atoms. The second-order valence-electron chi connectivity index (χ2n) is 3.87. The van der Waals surface area contributed by atoms with Gasteiger partial charge in [-0.15, -0.1) is 0 Å². The molecule has 5 nitrogen and oxygen atoms in total. The molecule has 0 bridgehead atoms. The standard InChI is InChI=1S/C11H17N3O2/c1-7(2)10(11(15)16-3)14-9-5-4-8(12)6-13-9/h4-7,10H,12H2,1-3H3,(H,13,14). The monoisotopic (exact) mass is 223 g/mol. The van der Waals surface area contributed by atoms with Gasteiger partial charge in [-0.05, 0) is 18.1 Å².